The number of hydrogen-bond donors (Lipinski definition) is 2. The van der Waals surface area contributed by atoms with Gasteiger partial charge in [0.15, 0.2) is 11.5 Å². The Labute approximate surface area is 158 Å². The van der Waals surface area contributed by atoms with Crippen LogP contribution in [0.5, 0.6) is 11.5 Å². The molecule has 4 aromatic rings. The van der Waals surface area contributed by atoms with Crippen LogP contribution in [-0.4, -0.2) is 26.5 Å². The number of ether oxygens (including phenoxy) is 2. The van der Waals surface area contributed by atoms with Gasteiger partial charge in [0.1, 0.15) is 0 Å². The highest BCUT2D eigenvalue weighted by atomic mass is 32.1. The number of nitrogens with zero attached hydrogens (tertiary/aromatic N) is 4. The summed E-state index contributed by atoms with van der Waals surface area (Å²) in [6, 6.07) is 15.5. The number of benzene rings is 2. The zero-order chi connectivity index (χ0) is 18.2. The van der Waals surface area contributed by atoms with Crippen LogP contribution in [0.25, 0.3) is 16.4 Å². The van der Waals surface area contributed by atoms with Crippen LogP contribution in [0.3, 0.4) is 0 Å². The number of hydrogen-bond acceptors (Lipinski definition) is 8. The second kappa shape index (κ2) is 6.29. The third-order valence-electron chi connectivity index (χ3n) is 4.00. The fourth-order valence-corrected chi connectivity index (χ4v) is 3.52. The second-order valence-corrected chi connectivity index (χ2v) is 6.62. The lowest BCUT2D eigenvalue weighted by Gasteiger charge is -2.02. The molecular weight excluding hydrogens is 364 g/mol. The van der Waals surface area contributed by atoms with E-state index in [-0.39, 0.29) is 12.7 Å². The molecule has 2 aromatic heterocycles. The lowest BCUT2D eigenvalue weighted by atomic mass is 10.2. The molecule has 9 heteroatoms. The first kappa shape index (κ1) is 15.6. The number of nitrogens with two attached hydrogens (primary N) is 1. The van der Waals surface area contributed by atoms with Gasteiger partial charge in [-0.3, -0.25) is 0 Å². The normalized spacial score (nSPS) is 12.3. The zero-order valence-electron chi connectivity index (χ0n) is 14.0. The monoisotopic (exact) mass is 378 g/mol. The topological polar surface area (TPSA) is 100 Å². The molecule has 3 heterocycles. The fourth-order valence-electron chi connectivity index (χ4n) is 2.72. The van der Waals surface area contributed by atoms with E-state index in [0.717, 1.165) is 22.7 Å². The van der Waals surface area contributed by atoms with Crippen LogP contribution < -0.4 is 20.5 Å². The number of nitrogen functional groups attached to an aromatic ring is 1. The lowest BCUT2D eigenvalue weighted by Crippen LogP contribution is -2.02. The van der Waals surface area contributed by atoms with E-state index in [9.17, 15) is 0 Å². The number of aromatic nitrogens is 4. The fraction of sp³-hybridized carbons (Fsp3) is 0.0556. The highest BCUT2D eigenvalue weighted by Crippen LogP contribution is 2.35. The van der Waals surface area contributed by atoms with Gasteiger partial charge in [-0.05, 0) is 12.1 Å². The van der Waals surface area contributed by atoms with E-state index >= 15 is 0 Å². The van der Waals surface area contributed by atoms with Crippen LogP contribution in [-0.2, 0) is 0 Å². The summed E-state index contributed by atoms with van der Waals surface area (Å²) in [5.74, 6) is 2.03. The molecule has 0 amide bonds. The average molecular weight is 378 g/mol. The van der Waals surface area contributed by atoms with Gasteiger partial charge in [0.25, 0.3) is 0 Å². The summed E-state index contributed by atoms with van der Waals surface area (Å²) >= 11 is 1.45. The van der Waals surface area contributed by atoms with Crippen molar-refractivity contribution < 1.29 is 9.47 Å². The van der Waals surface area contributed by atoms with Crippen LogP contribution in [0.15, 0.2) is 53.9 Å². The summed E-state index contributed by atoms with van der Waals surface area (Å²) in [6.07, 6.45) is 0. The molecule has 0 atom stereocenters. The first-order valence-electron chi connectivity index (χ1n) is 8.17. The highest BCUT2D eigenvalue weighted by molar-refractivity contribution is 7.12. The van der Waals surface area contributed by atoms with Crippen LogP contribution in [0.2, 0.25) is 0 Å². The molecule has 2 aromatic carbocycles. The minimum Gasteiger partial charge on any atom is -0.454 e. The van der Waals surface area contributed by atoms with E-state index < -0.39 is 0 Å². The maximum atomic E-state index is 6.04. The van der Waals surface area contributed by atoms with Crippen molar-refractivity contribution in [1.29, 1.82) is 0 Å². The first-order chi connectivity index (χ1) is 13.3. The van der Waals surface area contributed by atoms with Crippen LogP contribution >= 0.6 is 11.3 Å². The lowest BCUT2D eigenvalue weighted by molar-refractivity contribution is 0.174. The molecular formula is C18H14N6O2S. The van der Waals surface area contributed by atoms with E-state index in [0.29, 0.717) is 16.8 Å². The molecule has 1 aliphatic heterocycles. The molecule has 5 rings (SSSR count). The summed E-state index contributed by atoms with van der Waals surface area (Å²) in [6.45, 7) is 0.229. The van der Waals surface area contributed by atoms with E-state index in [1.807, 2.05) is 53.9 Å². The van der Waals surface area contributed by atoms with Crippen LogP contribution in [0.4, 0.5) is 17.6 Å². The van der Waals surface area contributed by atoms with Gasteiger partial charge in [-0.15, -0.1) is 16.4 Å². The van der Waals surface area contributed by atoms with E-state index in [4.69, 9.17) is 15.2 Å². The van der Waals surface area contributed by atoms with Crippen molar-refractivity contribution in [2.45, 2.75) is 0 Å². The van der Waals surface area contributed by atoms with Gasteiger partial charge < -0.3 is 20.5 Å². The number of thiazole rings is 1. The Bertz CT molecular complexity index is 1110. The molecule has 8 nitrogen and oxygen atoms in total. The van der Waals surface area contributed by atoms with Gasteiger partial charge in [0.05, 0.1) is 5.69 Å². The third kappa shape index (κ3) is 2.93. The van der Waals surface area contributed by atoms with Crippen molar-refractivity contribution in [2.75, 3.05) is 17.8 Å². The van der Waals surface area contributed by atoms with Crippen molar-refractivity contribution in [3.63, 3.8) is 0 Å². The number of nitrogens with one attached hydrogen (secondary N) is 1. The van der Waals surface area contributed by atoms with Crippen molar-refractivity contribution in [2.24, 2.45) is 0 Å². The predicted molar refractivity (Wildman–Crippen MR) is 103 cm³/mol. The van der Waals surface area contributed by atoms with Crippen molar-refractivity contribution >= 4 is 28.9 Å². The van der Waals surface area contributed by atoms with Crippen LogP contribution in [0.1, 0.15) is 0 Å². The van der Waals surface area contributed by atoms with Gasteiger partial charge in [-0.1, -0.05) is 30.3 Å². The average Bonchev–Trinajstić information content (AvgIpc) is 3.41. The molecule has 0 spiro atoms. The highest BCUT2D eigenvalue weighted by Gasteiger charge is 2.16. The largest absolute Gasteiger partial charge is 0.454 e. The number of rotatable bonds is 4. The molecule has 3 N–H and O–H groups in total. The van der Waals surface area contributed by atoms with Gasteiger partial charge in [0, 0.05) is 22.7 Å². The van der Waals surface area contributed by atoms with Crippen molar-refractivity contribution in [1.82, 2.24) is 19.7 Å². The molecule has 134 valence electrons. The van der Waals surface area contributed by atoms with Gasteiger partial charge in [-0.2, -0.15) is 9.67 Å². The Morgan fingerprint density at radius 3 is 2.78 bits per heavy atom. The maximum Gasteiger partial charge on any atom is 0.248 e. The summed E-state index contributed by atoms with van der Waals surface area (Å²) in [7, 11) is 0. The third-order valence-corrected chi connectivity index (χ3v) is 4.82. The number of fused-ring (bicyclic) bond motifs is 1. The first-order valence-corrected chi connectivity index (χ1v) is 9.05. The molecule has 0 bridgehead atoms. The molecule has 27 heavy (non-hydrogen) atoms. The molecule has 0 saturated heterocycles. The SMILES string of the molecule is Nc1nc(Nc2ccc3c(c2)OCO3)nn1-c1nc(-c2ccccc2)cs1. The van der Waals surface area contributed by atoms with E-state index in [2.05, 4.69) is 20.4 Å². The second-order valence-electron chi connectivity index (χ2n) is 5.78. The minimum atomic E-state index is 0.229. The van der Waals surface area contributed by atoms with Crippen molar-refractivity contribution in [3.05, 3.63) is 53.9 Å². The van der Waals surface area contributed by atoms with Crippen molar-refractivity contribution in [3.8, 4) is 27.9 Å². The van der Waals surface area contributed by atoms with E-state index in [1.165, 1.54) is 16.0 Å². The molecule has 0 saturated carbocycles. The minimum absolute atomic E-state index is 0.229. The Balaban J connectivity index is 1.41. The number of anilines is 3. The standard InChI is InChI=1S/C18H14N6O2S/c19-16-22-17(20-12-6-7-14-15(8-12)26-10-25-14)23-24(16)18-21-13(9-27-18)11-4-2-1-3-5-11/h1-9H,10H2,(H3,19,20,22,23). The molecule has 1 aliphatic rings. The maximum absolute atomic E-state index is 6.04. The molecule has 0 radical (unpaired) electrons. The van der Waals surface area contributed by atoms with Crippen LogP contribution in [0, 0.1) is 0 Å². The van der Waals surface area contributed by atoms with E-state index in [1.54, 1.807) is 0 Å². The Morgan fingerprint density at radius 2 is 1.89 bits per heavy atom. The predicted octanol–water partition coefficient (Wildman–Crippen LogP) is 3.45. The van der Waals surface area contributed by atoms with Gasteiger partial charge in [-0.25, -0.2) is 4.98 Å². The molecule has 0 fully saturated rings. The smallest absolute Gasteiger partial charge is 0.248 e. The quantitative estimate of drug-likeness (QED) is 0.561. The summed E-state index contributed by atoms with van der Waals surface area (Å²) in [4.78, 5) is 8.88. The zero-order valence-corrected chi connectivity index (χ0v) is 14.8. The summed E-state index contributed by atoms with van der Waals surface area (Å²) in [5.41, 5.74) is 8.73. The Morgan fingerprint density at radius 1 is 1.04 bits per heavy atom. The summed E-state index contributed by atoms with van der Waals surface area (Å²) < 4.78 is 12.2. The summed E-state index contributed by atoms with van der Waals surface area (Å²) in [5, 5.41) is 10.2. The molecule has 0 aliphatic carbocycles. The van der Waals surface area contributed by atoms with Gasteiger partial charge in [0.2, 0.25) is 23.8 Å². The molecule has 0 unspecified atom stereocenters. The van der Waals surface area contributed by atoms with Gasteiger partial charge >= 0.3 is 0 Å². The Kier molecular flexibility index (Phi) is 3.65. The Hall–Kier alpha value is -3.59.